The number of urea groups is 1. The second kappa shape index (κ2) is 8.26. The van der Waals surface area contributed by atoms with Gasteiger partial charge in [0.2, 0.25) is 5.91 Å². The Labute approximate surface area is 142 Å². The number of hydrogen-bond donors (Lipinski definition) is 2. The van der Waals surface area contributed by atoms with Gasteiger partial charge in [0.25, 0.3) is 0 Å². The first kappa shape index (κ1) is 17.7. The van der Waals surface area contributed by atoms with Crippen LogP contribution in [-0.2, 0) is 11.3 Å². The van der Waals surface area contributed by atoms with Crippen LogP contribution in [0.25, 0.3) is 0 Å². The number of imide groups is 1. The van der Waals surface area contributed by atoms with Gasteiger partial charge < -0.3 is 5.32 Å². The SMILES string of the molecule is CNC(=O)NC(=O)[C@@H](c1ccccc1)N(C)Cc1ccc(C)cc1. The maximum Gasteiger partial charge on any atom is 0.321 e. The lowest BCUT2D eigenvalue weighted by Gasteiger charge is -2.27. The van der Waals surface area contributed by atoms with E-state index in [2.05, 4.69) is 10.6 Å². The summed E-state index contributed by atoms with van der Waals surface area (Å²) in [5.74, 6) is -0.352. The molecule has 0 aromatic heterocycles. The third kappa shape index (κ3) is 4.67. The molecule has 0 bridgehead atoms. The lowest BCUT2D eigenvalue weighted by atomic mass is 10.0. The molecule has 5 nitrogen and oxygen atoms in total. The van der Waals surface area contributed by atoms with E-state index in [0.717, 1.165) is 11.1 Å². The largest absolute Gasteiger partial charge is 0.341 e. The number of nitrogens with one attached hydrogen (secondary N) is 2. The van der Waals surface area contributed by atoms with Gasteiger partial charge in [0.1, 0.15) is 6.04 Å². The van der Waals surface area contributed by atoms with Crippen molar-refractivity contribution in [3.8, 4) is 0 Å². The topological polar surface area (TPSA) is 61.4 Å². The van der Waals surface area contributed by atoms with E-state index in [1.807, 2.05) is 73.5 Å². The summed E-state index contributed by atoms with van der Waals surface area (Å²) in [4.78, 5) is 26.0. The van der Waals surface area contributed by atoms with E-state index in [1.165, 1.54) is 12.6 Å². The number of carbonyl (C=O) groups excluding carboxylic acids is 2. The van der Waals surface area contributed by atoms with Gasteiger partial charge in [-0.2, -0.15) is 0 Å². The Balaban J connectivity index is 2.22. The Morgan fingerprint density at radius 2 is 1.67 bits per heavy atom. The number of carbonyl (C=O) groups is 2. The number of likely N-dealkylation sites (N-methyl/N-ethyl adjacent to an activating group) is 1. The molecule has 0 aliphatic heterocycles. The molecule has 0 aliphatic rings. The highest BCUT2D eigenvalue weighted by Gasteiger charge is 2.26. The van der Waals surface area contributed by atoms with Crippen molar-refractivity contribution >= 4 is 11.9 Å². The van der Waals surface area contributed by atoms with Crippen molar-refractivity contribution in [1.29, 1.82) is 0 Å². The minimum Gasteiger partial charge on any atom is -0.341 e. The van der Waals surface area contributed by atoms with Crippen LogP contribution in [0.2, 0.25) is 0 Å². The van der Waals surface area contributed by atoms with E-state index in [9.17, 15) is 9.59 Å². The first-order valence-electron chi connectivity index (χ1n) is 7.84. The summed E-state index contributed by atoms with van der Waals surface area (Å²) < 4.78 is 0. The Bertz CT molecular complexity index is 684. The maximum absolute atomic E-state index is 12.6. The predicted octanol–water partition coefficient (Wildman–Crippen LogP) is 2.62. The third-order valence-corrected chi connectivity index (χ3v) is 3.82. The summed E-state index contributed by atoms with van der Waals surface area (Å²) in [6.45, 7) is 2.64. The van der Waals surface area contributed by atoms with E-state index in [4.69, 9.17) is 0 Å². The summed E-state index contributed by atoms with van der Waals surface area (Å²) in [7, 11) is 3.36. The molecule has 24 heavy (non-hydrogen) atoms. The molecule has 0 saturated carbocycles. The standard InChI is InChI=1S/C19H23N3O2/c1-14-9-11-15(12-10-14)13-22(3)17(16-7-5-4-6-8-16)18(23)21-19(24)20-2/h4-12,17H,13H2,1-3H3,(H2,20,21,23,24)/t17-/m1/s1. The second-order valence-electron chi connectivity index (χ2n) is 5.78. The summed E-state index contributed by atoms with van der Waals surface area (Å²) in [5, 5.41) is 4.78. The third-order valence-electron chi connectivity index (χ3n) is 3.82. The van der Waals surface area contributed by atoms with Crippen molar-refractivity contribution < 1.29 is 9.59 Å². The van der Waals surface area contributed by atoms with Crippen LogP contribution in [0.15, 0.2) is 54.6 Å². The highest BCUT2D eigenvalue weighted by Crippen LogP contribution is 2.21. The molecular formula is C19H23N3O2. The molecule has 0 unspecified atom stereocenters. The van der Waals surface area contributed by atoms with Gasteiger partial charge in [0.15, 0.2) is 0 Å². The van der Waals surface area contributed by atoms with E-state index < -0.39 is 12.1 Å². The van der Waals surface area contributed by atoms with Crippen molar-refractivity contribution in [3.63, 3.8) is 0 Å². The highest BCUT2D eigenvalue weighted by molar-refractivity contribution is 5.97. The molecule has 0 radical (unpaired) electrons. The number of nitrogens with zero attached hydrogens (tertiary/aromatic N) is 1. The van der Waals surface area contributed by atoms with Crippen molar-refractivity contribution in [2.24, 2.45) is 0 Å². The summed E-state index contributed by atoms with van der Waals surface area (Å²) in [6, 6.07) is 16.6. The minimum atomic E-state index is -0.551. The molecule has 0 spiro atoms. The van der Waals surface area contributed by atoms with E-state index in [-0.39, 0.29) is 5.91 Å². The fraction of sp³-hybridized carbons (Fsp3) is 0.263. The van der Waals surface area contributed by atoms with E-state index in [1.54, 1.807) is 0 Å². The van der Waals surface area contributed by atoms with Crippen LogP contribution in [0.1, 0.15) is 22.7 Å². The fourth-order valence-corrected chi connectivity index (χ4v) is 2.56. The zero-order chi connectivity index (χ0) is 17.5. The van der Waals surface area contributed by atoms with E-state index >= 15 is 0 Å². The van der Waals surface area contributed by atoms with Gasteiger partial charge in [-0.3, -0.25) is 15.0 Å². The lowest BCUT2D eigenvalue weighted by molar-refractivity contribution is -0.125. The molecule has 2 rings (SSSR count). The Kier molecular flexibility index (Phi) is 6.09. The normalized spacial score (nSPS) is 11.8. The van der Waals surface area contributed by atoms with Gasteiger partial charge in [-0.25, -0.2) is 4.79 Å². The van der Waals surface area contributed by atoms with Crippen molar-refractivity contribution in [3.05, 3.63) is 71.3 Å². The second-order valence-corrected chi connectivity index (χ2v) is 5.78. The Hall–Kier alpha value is -2.66. The monoisotopic (exact) mass is 325 g/mol. The van der Waals surface area contributed by atoms with Crippen LogP contribution >= 0.6 is 0 Å². The summed E-state index contributed by atoms with van der Waals surface area (Å²) >= 11 is 0. The van der Waals surface area contributed by atoms with E-state index in [0.29, 0.717) is 6.54 Å². The molecule has 2 aromatic carbocycles. The number of benzene rings is 2. The first-order chi connectivity index (χ1) is 11.5. The molecule has 3 amide bonds. The van der Waals surface area contributed by atoms with Crippen LogP contribution in [0, 0.1) is 6.92 Å². The van der Waals surface area contributed by atoms with Crippen LogP contribution in [-0.4, -0.2) is 30.9 Å². The average Bonchev–Trinajstić information content (AvgIpc) is 2.58. The zero-order valence-corrected chi connectivity index (χ0v) is 14.2. The predicted molar refractivity (Wildman–Crippen MR) is 94.4 cm³/mol. The highest BCUT2D eigenvalue weighted by atomic mass is 16.2. The molecule has 2 N–H and O–H groups in total. The van der Waals surface area contributed by atoms with Crippen LogP contribution in [0.4, 0.5) is 4.79 Å². The summed E-state index contributed by atoms with van der Waals surface area (Å²) in [5.41, 5.74) is 3.14. The number of rotatable bonds is 5. The quantitative estimate of drug-likeness (QED) is 0.888. The minimum absolute atomic E-state index is 0.352. The molecule has 0 fully saturated rings. The number of aryl methyl sites for hydroxylation is 1. The first-order valence-corrected chi connectivity index (χ1v) is 7.84. The smallest absolute Gasteiger partial charge is 0.321 e. The molecule has 0 aliphatic carbocycles. The molecule has 126 valence electrons. The maximum atomic E-state index is 12.6. The van der Waals surface area contributed by atoms with Crippen LogP contribution < -0.4 is 10.6 Å². The number of hydrogen-bond acceptors (Lipinski definition) is 3. The fourth-order valence-electron chi connectivity index (χ4n) is 2.56. The van der Waals surface area contributed by atoms with Crippen LogP contribution in [0.5, 0.6) is 0 Å². The lowest BCUT2D eigenvalue weighted by Crippen LogP contribution is -2.44. The van der Waals surface area contributed by atoms with Gasteiger partial charge in [-0.05, 0) is 25.1 Å². The Morgan fingerprint density at radius 1 is 1.04 bits per heavy atom. The Morgan fingerprint density at radius 3 is 2.25 bits per heavy atom. The van der Waals surface area contributed by atoms with Crippen molar-refractivity contribution in [2.45, 2.75) is 19.5 Å². The molecular weight excluding hydrogens is 302 g/mol. The van der Waals surface area contributed by atoms with Crippen LogP contribution in [0.3, 0.4) is 0 Å². The van der Waals surface area contributed by atoms with Crippen molar-refractivity contribution in [1.82, 2.24) is 15.5 Å². The zero-order valence-electron chi connectivity index (χ0n) is 14.2. The van der Waals surface area contributed by atoms with Gasteiger partial charge in [0.05, 0.1) is 0 Å². The summed E-state index contributed by atoms with van der Waals surface area (Å²) in [6.07, 6.45) is 0. The van der Waals surface area contributed by atoms with Crippen molar-refractivity contribution in [2.75, 3.05) is 14.1 Å². The molecule has 5 heteroatoms. The molecule has 1 atom stereocenters. The van der Waals surface area contributed by atoms with Gasteiger partial charge in [-0.15, -0.1) is 0 Å². The molecule has 2 aromatic rings. The molecule has 0 saturated heterocycles. The molecule has 0 heterocycles. The van der Waals surface area contributed by atoms with Gasteiger partial charge >= 0.3 is 6.03 Å². The van der Waals surface area contributed by atoms with Gasteiger partial charge in [0, 0.05) is 13.6 Å². The number of amides is 3. The van der Waals surface area contributed by atoms with Gasteiger partial charge in [-0.1, -0.05) is 60.2 Å². The average molecular weight is 325 g/mol.